The smallest absolute Gasteiger partial charge is 0.203 e. The highest BCUT2D eigenvalue weighted by molar-refractivity contribution is 5.95. The molecule has 4 heteroatoms. The molecule has 5 aliphatic rings. The molecular weight excluding hydrogens is 446 g/mol. The number of hydrogen-bond donors (Lipinski definition) is 2. The van der Waals surface area contributed by atoms with E-state index in [0.29, 0.717) is 23.8 Å². The summed E-state index contributed by atoms with van der Waals surface area (Å²) in [7, 11) is 0. The quantitative estimate of drug-likeness (QED) is 0.397. The van der Waals surface area contributed by atoms with Crippen LogP contribution in [0.1, 0.15) is 106 Å². The fraction of sp³-hybridized carbons (Fsp3) is 0.812. The molecule has 5 rings (SSSR count). The van der Waals surface area contributed by atoms with E-state index in [2.05, 4.69) is 52.5 Å². The van der Waals surface area contributed by atoms with Gasteiger partial charge in [0.25, 0.3) is 0 Å². The maximum atomic E-state index is 14.4. The topological polar surface area (TPSA) is 61.9 Å². The Bertz CT molecular complexity index is 1060. The molecule has 0 bridgehead atoms. The Balaban J connectivity index is 1.63. The van der Waals surface area contributed by atoms with Gasteiger partial charge in [-0.1, -0.05) is 47.1 Å². The Morgan fingerprint density at radius 2 is 1.75 bits per heavy atom. The van der Waals surface area contributed by atoms with E-state index in [1.165, 1.54) is 18.4 Å². The largest absolute Gasteiger partial charge is 0.523 e. The molecule has 4 nitrogen and oxygen atoms in total. The van der Waals surface area contributed by atoms with E-state index in [-0.39, 0.29) is 57.2 Å². The maximum absolute atomic E-state index is 14.4. The Hall–Kier alpha value is -1.60. The summed E-state index contributed by atoms with van der Waals surface area (Å²) in [6, 6.07) is 0. The molecule has 0 aliphatic heterocycles. The summed E-state index contributed by atoms with van der Waals surface area (Å²) in [5.74, 6) is 1.21. The number of allylic oxidation sites excluding steroid dienone is 4. The maximum Gasteiger partial charge on any atom is 0.203 e. The zero-order chi connectivity index (χ0) is 26.3. The second kappa shape index (κ2) is 8.20. The zero-order valence-electron chi connectivity index (χ0n) is 23.4. The first-order valence-corrected chi connectivity index (χ1v) is 14.5. The number of ketones is 1. The lowest BCUT2D eigenvalue weighted by Crippen LogP contribution is -2.64. The second-order valence-corrected chi connectivity index (χ2v) is 14.8. The van der Waals surface area contributed by atoms with Crippen LogP contribution in [0.25, 0.3) is 4.85 Å². The van der Waals surface area contributed by atoms with Crippen molar-refractivity contribution >= 4 is 5.78 Å². The number of carbonyl (C=O) groups excluding carboxylic acids is 1. The molecule has 3 fully saturated rings. The van der Waals surface area contributed by atoms with E-state index >= 15 is 0 Å². The van der Waals surface area contributed by atoms with E-state index in [1.54, 1.807) is 0 Å². The van der Waals surface area contributed by atoms with Crippen LogP contribution in [0.2, 0.25) is 0 Å². The van der Waals surface area contributed by atoms with Crippen molar-refractivity contribution in [2.45, 2.75) is 106 Å². The van der Waals surface area contributed by atoms with Crippen molar-refractivity contribution < 1.29 is 15.0 Å². The predicted molar refractivity (Wildman–Crippen MR) is 143 cm³/mol. The number of carbonyl (C=O) groups is 1. The molecule has 0 unspecified atom stereocenters. The van der Waals surface area contributed by atoms with Crippen LogP contribution in [0.3, 0.4) is 0 Å². The Kier molecular flexibility index (Phi) is 5.93. The van der Waals surface area contributed by atoms with Gasteiger partial charge in [0.2, 0.25) is 5.70 Å². The first-order chi connectivity index (χ1) is 16.8. The molecular formula is C32H47NO3. The molecule has 0 spiro atoms. The SMILES string of the molecule is [C-]#[N+]C1=C(O)[C@@H](C)[C@@H]2CC[C@]3(C)C(=CC(=O)[C@@H]4[C@@H]5CC(C)(C)CC[C@]5(CCCO)CC[C@]43C)[C@@]2(C)C1. The third-order valence-electron chi connectivity index (χ3n) is 12.8. The van der Waals surface area contributed by atoms with Gasteiger partial charge in [-0.15, -0.1) is 0 Å². The molecule has 8 atom stereocenters. The summed E-state index contributed by atoms with van der Waals surface area (Å²) in [6.07, 6.45) is 12.2. The lowest BCUT2D eigenvalue weighted by Gasteiger charge is -2.69. The van der Waals surface area contributed by atoms with Crippen molar-refractivity contribution in [1.29, 1.82) is 0 Å². The molecule has 3 saturated carbocycles. The minimum Gasteiger partial charge on any atom is -0.523 e. The Morgan fingerprint density at radius 3 is 2.42 bits per heavy atom. The van der Waals surface area contributed by atoms with Gasteiger partial charge >= 0.3 is 0 Å². The van der Waals surface area contributed by atoms with Crippen molar-refractivity contribution in [3.63, 3.8) is 0 Å². The van der Waals surface area contributed by atoms with Crippen LogP contribution in [0.5, 0.6) is 0 Å². The third kappa shape index (κ3) is 3.30. The fourth-order valence-corrected chi connectivity index (χ4v) is 10.5. The van der Waals surface area contributed by atoms with Gasteiger partial charge in [0, 0.05) is 18.4 Å². The van der Waals surface area contributed by atoms with Crippen LogP contribution in [0, 0.1) is 57.3 Å². The second-order valence-electron chi connectivity index (χ2n) is 14.8. The summed E-state index contributed by atoms with van der Waals surface area (Å²) in [6.45, 7) is 21.9. The van der Waals surface area contributed by atoms with Gasteiger partial charge in [0.05, 0.1) is 12.3 Å². The van der Waals surface area contributed by atoms with Gasteiger partial charge in [-0.3, -0.25) is 4.79 Å². The summed E-state index contributed by atoms with van der Waals surface area (Å²) in [5.41, 5.74) is 1.73. The normalized spacial score (nSPS) is 47.6. The van der Waals surface area contributed by atoms with E-state index in [9.17, 15) is 15.0 Å². The van der Waals surface area contributed by atoms with Crippen molar-refractivity contribution in [2.24, 2.45) is 50.7 Å². The molecule has 5 aliphatic carbocycles. The van der Waals surface area contributed by atoms with E-state index in [1.807, 2.05) is 0 Å². The number of aliphatic hydroxyl groups excluding tert-OH is 2. The first-order valence-electron chi connectivity index (χ1n) is 14.5. The van der Waals surface area contributed by atoms with E-state index in [0.717, 1.165) is 44.9 Å². The Labute approximate surface area is 218 Å². The minimum atomic E-state index is -0.264. The van der Waals surface area contributed by atoms with Crippen molar-refractivity contribution in [3.05, 3.63) is 34.5 Å². The predicted octanol–water partition coefficient (Wildman–Crippen LogP) is 7.65. The summed E-state index contributed by atoms with van der Waals surface area (Å²) < 4.78 is 0. The molecule has 0 heterocycles. The van der Waals surface area contributed by atoms with Crippen LogP contribution in [-0.2, 0) is 4.79 Å². The van der Waals surface area contributed by atoms with Gasteiger partial charge in [0.1, 0.15) is 0 Å². The molecule has 198 valence electrons. The first kappa shape index (κ1) is 26.0. The molecule has 0 aromatic rings. The average molecular weight is 494 g/mol. The third-order valence-corrected chi connectivity index (χ3v) is 12.8. The molecule has 0 aromatic heterocycles. The fourth-order valence-electron chi connectivity index (χ4n) is 10.5. The van der Waals surface area contributed by atoms with Gasteiger partial charge in [0.15, 0.2) is 5.78 Å². The summed E-state index contributed by atoms with van der Waals surface area (Å²) in [4.78, 5) is 18.1. The monoisotopic (exact) mass is 493 g/mol. The number of aliphatic hydroxyl groups is 2. The van der Waals surface area contributed by atoms with Crippen molar-refractivity contribution in [1.82, 2.24) is 0 Å². The van der Waals surface area contributed by atoms with Gasteiger partial charge in [-0.2, -0.15) is 0 Å². The molecule has 0 saturated heterocycles. The van der Waals surface area contributed by atoms with Gasteiger partial charge in [-0.05, 0) is 109 Å². The van der Waals surface area contributed by atoms with E-state index < -0.39 is 0 Å². The minimum absolute atomic E-state index is 0.0312. The summed E-state index contributed by atoms with van der Waals surface area (Å²) >= 11 is 0. The van der Waals surface area contributed by atoms with Crippen molar-refractivity contribution in [2.75, 3.05) is 6.61 Å². The van der Waals surface area contributed by atoms with Gasteiger partial charge in [-0.25, -0.2) is 4.85 Å². The molecule has 0 amide bonds. The number of fused-ring (bicyclic) bond motifs is 7. The van der Waals surface area contributed by atoms with Crippen LogP contribution in [0.15, 0.2) is 23.1 Å². The highest BCUT2D eigenvalue weighted by atomic mass is 16.3. The zero-order valence-corrected chi connectivity index (χ0v) is 23.4. The highest BCUT2D eigenvalue weighted by Crippen LogP contribution is 2.74. The van der Waals surface area contributed by atoms with Crippen LogP contribution >= 0.6 is 0 Å². The lowest BCUT2D eigenvalue weighted by molar-refractivity contribution is -0.172. The lowest BCUT2D eigenvalue weighted by atomic mass is 9.34. The van der Waals surface area contributed by atoms with Crippen LogP contribution < -0.4 is 0 Å². The van der Waals surface area contributed by atoms with Gasteiger partial charge < -0.3 is 10.2 Å². The average Bonchev–Trinajstić information content (AvgIpc) is 2.82. The molecule has 36 heavy (non-hydrogen) atoms. The number of nitrogens with zero attached hydrogens (tertiary/aromatic N) is 1. The highest BCUT2D eigenvalue weighted by Gasteiger charge is 2.68. The van der Waals surface area contributed by atoms with Crippen molar-refractivity contribution in [3.8, 4) is 0 Å². The standard InChI is InChI=1S/C32H47NO3/c1-20-21-9-11-30(5)25(29(21,4)19-23(33-7)27(20)36)17-24(35)26-22-18-28(2,3)12-14-32(22,10-8-16-34)15-13-31(26,30)6/h17,20-22,26,34,36H,8-16,18-19H2,1-6H3/t20-,21-,22-,26-,29-,30+,31+,32+/m0/s1. The molecule has 0 aromatic carbocycles. The summed E-state index contributed by atoms with van der Waals surface area (Å²) in [5, 5.41) is 20.5. The molecule has 2 N–H and O–H groups in total. The number of hydrogen-bond acceptors (Lipinski definition) is 3. The number of rotatable bonds is 3. The Morgan fingerprint density at radius 1 is 1.06 bits per heavy atom. The van der Waals surface area contributed by atoms with Crippen LogP contribution in [-0.4, -0.2) is 22.6 Å². The molecule has 0 radical (unpaired) electrons. The van der Waals surface area contributed by atoms with E-state index in [4.69, 9.17) is 6.57 Å². The van der Waals surface area contributed by atoms with Crippen LogP contribution in [0.4, 0.5) is 0 Å².